The average molecular weight is 470 g/mol. The topological polar surface area (TPSA) is 111 Å². The number of carbonyl (C=O) groups is 1. The first-order valence-corrected chi connectivity index (χ1v) is 11.0. The van der Waals surface area contributed by atoms with Crippen molar-refractivity contribution in [2.45, 2.75) is 13.5 Å². The van der Waals surface area contributed by atoms with Crippen molar-refractivity contribution < 1.29 is 14.3 Å². The van der Waals surface area contributed by atoms with E-state index in [1.54, 1.807) is 49.1 Å². The first-order valence-electron chi connectivity index (χ1n) is 11.0. The van der Waals surface area contributed by atoms with Gasteiger partial charge < -0.3 is 14.8 Å². The number of H-pyrrole nitrogens is 1. The summed E-state index contributed by atoms with van der Waals surface area (Å²) in [7, 11) is 3.15. The van der Waals surface area contributed by atoms with Crippen LogP contribution < -0.4 is 20.3 Å². The number of amides is 1. The molecule has 1 amide bonds. The molecule has 2 aromatic heterocycles. The lowest BCUT2D eigenvalue weighted by molar-refractivity contribution is 0.0951. The van der Waals surface area contributed by atoms with Crippen molar-refractivity contribution in [1.82, 2.24) is 25.1 Å². The highest BCUT2D eigenvalue weighted by Crippen LogP contribution is 2.25. The number of fused-ring (bicyclic) bond motifs is 3. The van der Waals surface area contributed by atoms with E-state index >= 15 is 0 Å². The number of ether oxygens (including phenoxy) is 2. The molecular formula is C26H23N5O4. The number of hydrogen-bond acceptors (Lipinski definition) is 6. The second-order valence-electron chi connectivity index (χ2n) is 8.10. The second-order valence-corrected chi connectivity index (χ2v) is 8.10. The first-order chi connectivity index (χ1) is 17.0. The van der Waals surface area contributed by atoms with Crippen molar-refractivity contribution in [3.8, 4) is 22.8 Å². The van der Waals surface area contributed by atoms with Crippen LogP contribution in [0.15, 0.2) is 65.5 Å². The van der Waals surface area contributed by atoms with Crippen LogP contribution in [0.4, 0.5) is 0 Å². The molecule has 5 aromatic rings. The Morgan fingerprint density at radius 3 is 2.69 bits per heavy atom. The summed E-state index contributed by atoms with van der Waals surface area (Å²) in [5, 5.41) is 10.6. The van der Waals surface area contributed by atoms with Gasteiger partial charge >= 0.3 is 0 Å². The molecule has 0 radical (unpaired) electrons. The molecule has 0 saturated heterocycles. The number of aryl methyl sites for hydroxylation is 1. The van der Waals surface area contributed by atoms with Gasteiger partial charge in [-0.1, -0.05) is 23.8 Å². The fourth-order valence-corrected chi connectivity index (χ4v) is 4.03. The van der Waals surface area contributed by atoms with E-state index in [0.717, 1.165) is 16.7 Å². The number of aromatic nitrogens is 4. The Kier molecular flexibility index (Phi) is 5.66. The smallest absolute Gasteiger partial charge is 0.281 e. The third-order valence-corrected chi connectivity index (χ3v) is 5.85. The van der Waals surface area contributed by atoms with Crippen LogP contribution in [-0.2, 0) is 6.54 Å². The second kappa shape index (κ2) is 8.94. The molecule has 9 nitrogen and oxygen atoms in total. The lowest BCUT2D eigenvalue weighted by Gasteiger charge is -2.11. The van der Waals surface area contributed by atoms with Crippen LogP contribution in [0.2, 0.25) is 0 Å². The molecule has 0 bridgehead atoms. The van der Waals surface area contributed by atoms with Crippen LogP contribution in [0.25, 0.3) is 27.8 Å². The number of nitrogens with one attached hydrogen (secondary N) is 2. The molecule has 0 aliphatic heterocycles. The first kappa shape index (κ1) is 22.1. The van der Waals surface area contributed by atoms with Crippen molar-refractivity contribution in [3.63, 3.8) is 0 Å². The van der Waals surface area contributed by atoms with Gasteiger partial charge in [-0.25, -0.2) is 9.73 Å². The maximum Gasteiger partial charge on any atom is 0.281 e. The average Bonchev–Trinajstić information content (AvgIpc) is 3.31. The normalized spacial score (nSPS) is 11.1. The SMILES string of the molecule is COc1ccc(CNC(=O)c2ccc3c(=O)nc4c(-c5cccc(C)c5)n[nH]n4c3c2)c(OC)c1. The predicted octanol–water partition coefficient (Wildman–Crippen LogP) is 3.49. The van der Waals surface area contributed by atoms with Crippen molar-refractivity contribution in [3.05, 3.63) is 87.7 Å². The Morgan fingerprint density at radius 2 is 1.91 bits per heavy atom. The number of carbonyl (C=O) groups excluding carboxylic acids is 1. The number of methoxy groups -OCH3 is 2. The third-order valence-electron chi connectivity index (χ3n) is 5.85. The quantitative estimate of drug-likeness (QED) is 0.394. The summed E-state index contributed by atoms with van der Waals surface area (Å²) >= 11 is 0. The summed E-state index contributed by atoms with van der Waals surface area (Å²) in [6.07, 6.45) is 0. The summed E-state index contributed by atoms with van der Waals surface area (Å²) in [5.74, 6) is 0.990. The molecule has 0 saturated carbocycles. The molecule has 5 rings (SSSR count). The van der Waals surface area contributed by atoms with E-state index in [-0.39, 0.29) is 18.0 Å². The maximum atomic E-state index is 13.0. The minimum Gasteiger partial charge on any atom is -0.497 e. The highest BCUT2D eigenvalue weighted by molar-refractivity contribution is 5.98. The molecule has 0 aliphatic rings. The van der Waals surface area contributed by atoms with Crippen LogP contribution in [0.3, 0.4) is 0 Å². The summed E-state index contributed by atoms with van der Waals surface area (Å²) in [6.45, 7) is 2.25. The largest absolute Gasteiger partial charge is 0.497 e. The highest BCUT2D eigenvalue weighted by Gasteiger charge is 2.16. The van der Waals surface area contributed by atoms with Gasteiger partial charge in [0.2, 0.25) is 0 Å². The highest BCUT2D eigenvalue weighted by atomic mass is 16.5. The van der Waals surface area contributed by atoms with E-state index in [4.69, 9.17) is 9.47 Å². The maximum absolute atomic E-state index is 13.0. The lowest BCUT2D eigenvalue weighted by atomic mass is 10.1. The predicted molar refractivity (Wildman–Crippen MR) is 132 cm³/mol. The summed E-state index contributed by atoms with van der Waals surface area (Å²) in [6, 6.07) is 18.1. The zero-order chi connectivity index (χ0) is 24.5. The molecule has 3 aromatic carbocycles. The number of hydrogen-bond donors (Lipinski definition) is 2. The number of aromatic amines is 1. The molecule has 2 heterocycles. The zero-order valence-corrected chi connectivity index (χ0v) is 19.5. The van der Waals surface area contributed by atoms with Gasteiger partial charge in [-0.15, -0.1) is 0 Å². The minimum atomic E-state index is -0.384. The van der Waals surface area contributed by atoms with E-state index < -0.39 is 0 Å². The van der Waals surface area contributed by atoms with Crippen molar-refractivity contribution >= 4 is 22.5 Å². The van der Waals surface area contributed by atoms with Crippen LogP contribution in [0.1, 0.15) is 21.5 Å². The fraction of sp³-hybridized carbons (Fsp3) is 0.154. The Morgan fingerprint density at radius 1 is 1.06 bits per heavy atom. The molecular weight excluding hydrogens is 446 g/mol. The zero-order valence-electron chi connectivity index (χ0n) is 19.5. The summed E-state index contributed by atoms with van der Waals surface area (Å²) in [5.41, 5.74) is 4.21. The van der Waals surface area contributed by atoms with Gasteiger partial charge in [-0.2, -0.15) is 10.1 Å². The molecule has 0 aliphatic carbocycles. The minimum absolute atomic E-state index is 0.261. The fourth-order valence-electron chi connectivity index (χ4n) is 4.03. The van der Waals surface area contributed by atoms with E-state index in [2.05, 4.69) is 20.6 Å². The molecule has 176 valence electrons. The van der Waals surface area contributed by atoms with Gasteiger partial charge in [0, 0.05) is 29.3 Å². The molecule has 0 fully saturated rings. The number of rotatable bonds is 6. The van der Waals surface area contributed by atoms with Gasteiger partial charge in [0.05, 0.1) is 25.1 Å². The van der Waals surface area contributed by atoms with Crippen molar-refractivity contribution in [1.29, 1.82) is 0 Å². The van der Waals surface area contributed by atoms with Crippen LogP contribution in [0, 0.1) is 6.92 Å². The summed E-state index contributed by atoms with van der Waals surface area (Å²) < 4.78 is 12.2. The van der Waals surface area contributed by atoms with Crippen molar-refractivity contribution in [2.24, 2.45) is 0 Å². The number of benzene rings is 3. The Labute approximate surface area is 200 Å². The van der Waals surface area contributed by atoms with Gasteiger partial charge in [0.1, 0.15) is 17.2 Å². The van der Waals surface area contributed by atoms with Crippen LogP contribution in [0.5, 0.6) is 11.5 Å². The lowest BCUT2D eigenvalue weighted by Crippen LogP contribution is -2.23. The number of nitrogens with zero attached hydrogens (tertiary/aromatic N) is 3. The van der Waals surface area contributed by atoms with Gasteiger partial charge in [0.25, 0.3) is 11.5 Å². The summed E-state index contributed by atoms with van der Waals surface area (Å²) in [4.78, 5) is 30.0. The molecule has 9 heteroatoms. The molecule has 35 heavy (non-hydrogen) atoms. The van der Waals surface area contributed by atoms with Crippen molar-refractivity contribution in [2.75, 3.05) is 14.2 Å². The van der Waals surface area contributed by atoms with E-state index in [1.807, 2.05) is 37.3 Å². The van der Waals surface area contributed by atoms with Gasteiger partial charge in [-0.05, 0) is 43.3 Å². The monoisotopic (exact) mass is 469 g/mol. The van der Waals surface area contributed by atoms with E-state index in [1.165, 1.54) is 0 Å². The Bertz CT molecular complexity index is 1640. The standard InChI is InChI=1S/C26H23N5O4/c1-15-5-4-6-16(11-15)23-24-28-26(33)20-10-8-17(12-21(20)31(24)30-29-23)25(32)27-14-18-7-9-19(34-2)13-22(18)35-3/h4-13,30H,14H2,1-3H3,(H,27,32). The Balaban J connectivity index is 1.49. The van der Waals surface area contributed by atoms with Crippen LogP contribution in [-0.4, -0.2) is 39.9 Å². The molecule has 0 unspecified atom stereocenters. The van der Waals surface area contributed by atoms with E-state index in [0.29, 0.717) is 39.3 Å². The third kappa shape index (κ3) is 4.08. The van der Waals surface area contributed by atoms with E-state index in [9.17, 15) is 9.59 Å². The molecule has 0 spiro atoms. The molecule has 0 atom stereocenters. The van der Waals surface area contributed by atoms with Gasteiger partial charge in [0.15, 0.2) is 5.65 Å². The molecule has 2 N–H and O–H groups in total. The van der Waals surface area contributed by atoms with Crippen LogP contribution >= 0.6 is 0 Å². The van der Waals surface area contributed by atoms with Gasteiger partial charge in [-0.3, -0.25) is 9.59 Å². The Hall–Kier alpha value is -4.66.